The summed E-state index contributed by atoms with van der Waals surface area (Å²) in [5.41, 5.74) is 1.08. The Morgan fingerprint density at radius 1 is 1.40 bits per heavy atom. The minimum absolute atomic E-state index is 0.364. The van der Waals surface area contributed by atoms with Crippen LogP contribution in [0.1, 0.15) is 22.3 Å². The molecule has 1 amide bonds. The molecule has 0 aromatic carbocycles. The highest BCUT2D eigenvalue weighted by Crippen LogP contribution is 2.14. The maximum atomic E-state index is 12.3. The van der Waals surface area contributed by atoms with Gasteiger partial charge in [0.2, 0.25) is 0 Å². The van der Waals surface area contributed by atoms with Crippen LogP contribution in [0.5, 0.6) is 0 Å². The minimum atomic E-state index is -0.823. The SMILES string of the molecule is N#CC(NC(=O)c1cccc2nccn12)c1ccco1. The van der Waals surface area contributed by atoms with Gasteiger partial charge in [0, 0.05) is 12.4 Å². The van der Waals surface area contributed by atoms with Crippen molar-refractivity contribution in [3.8, 4) is 6.07 Å². The zero-order chi connectivity index (χ0) is 13.9. The summed E-state index contributed by atoms with van der Waals surface area (Å²) in [5, 5.41) is 11.7. The first kappa shape index (κ1) is 12.0. The van der Waals surface area contributed by atoms with Crippen LogP contribution in [0.4, 0.5) is 0 Å². The molecule has 6 nitrogen and oxygen atoms in total. The van der Waals surface area contributed by atoms with Gasteiger partial charge < -0.3 is 9.73 Å². The van der Waals surface area contributed by atoms with Crippen molar-refractivity contribution in [2.24, 2.45) is 0 Å². The van der Waals surface area contributed by atoms with Gasteiger partial charge in [-0.1, -0.05) is 6.07 Å². The van der Waals surface area contributed by atoms with Crippen LogP contribution < -0.4 is 5.32 Å². The molecular formula is C14H10N4O2. The summed E-state index contributed by atoms with van der Waals surface area (Å²) in [4.78, 5) is 16.4. The summed E-state index contributed by atoms with van der Waals surface area (Å²) in [7, 11) is 0. The Bertz CT molecular complexity index is 783. The number of nitrogens with zero attached hydrogens (tertiary/aromatic N) is 3. The number of amides is 1. The molecule has 1 atom stereocenters. The van der Waals surface area contributed by atoms with Gasteiger partial charge in [0.15, 0.2) is 6.04 Å². The van der Waals surface area contributed by atoms with Gasteiger partial charge in [-0.05, 0) is 24.3 Å². The molecule has 0 aliphatic carbocycles. The Balaban J connectivity index is 1.90. The fourth-order valence-electron chi connectivity index (χ4n) is 1.96. The summed E-state index contributed by atoms with van der Waals surface area (Å²) in [6.07, 6.45) is 4.77. The first-order valence-electron chi connectivity index (χ1n) is 5.95. The van der Waals surface area contributed by atoms with E-state index in [-0.39, 0.29) is 5.91 Å². The van der Waals surface area contributed by atoms with E-state index < -0.39 is 6.04 Å². The average Bonchev–Trinajstić information content (AvgIpc) is 3.14. The molecule has 3 heterocycles. The number of nitrogens with one attached hydrogen (secondary N) is 1. The molecule has 1 unspecified atom stereocenters. The molecule has 0 fully saturated rings. The lowest BCUT2D eigenvalue weighted by Gasteiger charge is -2.10. The molecule has 0 radical (unpaired) electrons. The highest BCUT2D eigenvalue weighted by atomic mass is 16.3. The number of hydrogen-bond donors (Lipinski definition) is 1. The van der Waals surface area contributed by atoms with Crippen molar-refractivity contribution in [1.29, 1.82) is 5.26 Å². The van der Waals surface area contributed by atoms with Gasteiger partial charge in [-0.25, -0.2) is 4.98 Å². The first-order valence-corrected chi connectivity index (χ1v) is 5.95. The molecule has 0 bridgehead atoms. The lowest BCUT2D eigenvalue weighted by atomic mass is 10.2. The molecule has 0 spiro atoms. The van der Waals surface area contributed by atoms with Crippen LogP contribution in [-0.2, 0) is 0 Å². The van der Waals surface area contributed by atoms with Crippen LogP contribution in [0.2, 0.25) is 0 Å². The molecule has 0 saturated carbocycles. The fraction of sp³-hybridized carbons (Fsp3) is 0.0714. The number of carbonyl (C=O) groups excluding carboxylic acids is 1. The molecule has 3 aromatic rings. The lowest BCUT2D eigenvalue weighted by molar-refractivity contribution is 0.0935. The topological polar surface area (TPSA) is 83.3 Å². The number of imidazole rings is 1. The fourth-order valence-corrected chi connectivity index (χ4v) is 1.96. The predicted octanol–water partition coefficient (Wildman–Crippen LogP) is 1.92. The van der Waals surface area contributed by atoms with E-state index in [1.807, 2.05) is 6.07 Å². The van der Waals surface area contributed by atoms with E-state index in [0.717, 1.165) is 0 Å². The van der Waals surface area contributed by atoms with Crippen LogP contribution in [0, 0.1) is 11.3 Å². The monoisotopic (exact) mass is 266 g/mol. The molecule has 3 rings (SSSR count). The van der Waals surface area contributed by atoms with Crippen LogP contribution in [0.15, 0.2) is 53.4 Å². The Kier molecular flexibility index (Phi) is 2.94. The summed E-state index contributed by atoms with van der Waals surface area (Å²) in [5.74, 6) is 0.0372. The highest BCUT2D eigenvalue weighted by Gasteiger charge is 2.18. The van der Waals surface area contributed by atoms with Gasteiger partial charge in [-0.3, -0.25) is 9.20 Å². The molecule has 0 saturated heterocycles. The Hall–Kier alpha value is -3.07. The standard InChI is InChI=1S/C14H10N4O2/c15-9-10(12-4-2-8-20-12)17-14(19)11-3-1-5-13-16-6-7-18(11)13/h1-8,10H,(H,17,19). The third-order valence-electron chi connectivity index (χ3n) is 2.89. The minimum Gasteiger partial charge on any atom is -0.466 e. The van der Waals surface area contributed by atoms with E-state index in [1.165, 1.54) is 6.26 Å². The van der Waals surface area contributed by atoms with Gasteiger partial charge >= 0.3 is 0 Å². The van der Waals surface area contributed by atoms with Crippen molar-refractivity contribution in [2.45, 2.75) is 6.04 Å². The van der Waals surface area contributed by atoms with Gasteiger partial charge in [0.1, 0.15) is 17.1 Å². The van der Waals surface area contributed by atoms with Crippen molar-refractivity contribution in [3.05, 3.63) is 60.4 Å². The normalized spacial score (nSPS) is 11.9. The molecule has 0 aliphatic rings. The third-order valence-corrected chi connectivity index (χ3v) is 2.89. The zero-order valence-corrected chi connectivity index (χ0v) is 10.4. The second-order valence-electron chi connectivity index (χ2n) is 4.12. The number of aromatic nitrogens is 2. The van der Waals surface area contributed by atoms with Crippen LogP contribution in [-0.4, -0.2) is 15.3 Å². The largest absolute Gasteiger partial charge is 0.466 e. The maximum absolute atomic E-state index is 12.3. The quantitative estimate of drug-likeness (QED) is 0.785. The molecule has 98 valence electrons. The van der Waals surface area contributed by atoms with Crippen molar-refractivity contribution < 1.29 is 9.21 Å². The Labute approximate surface area is 114 Å². The second kappa shape index (κ2) is 4.90. The maximum Gasteiger partial charge on any atom is 0.269 e. The Morgan fingerprint density at radius 3 is 3.05 bits per heavy atom. The number of nitriles is 1. The predicted molar refractivity (Wildman–Crippen MR) is 69.7 cm³/mol. The summed E-state index contributed by atoms with van der Waals surface area (Å²) >= 11 is 0. The van der Waals surface area contributed by atoms with E-state index in [9.17, 15) is 4.79 Å². The molecular weight excluding hydrogens is 256 g/mol. The zero-order valence-electron chi connectivity index (χ0n) is 10.4. The molecule has 6 heteroatoms. The number of fused-ring (bicyclic) bond motifs is 1. The van der Waals surface area contributed by atoms with Crippen molar-refractivity contribution >= 4 is 11.6 Å². The van der Waals surface area contributed by atoms with E-state index in [2.05, 4.69) is 10.3 Å². The van der Waals surface area contributed by atoms with Crippen molar-refractivity contribution in [1.82, 2.24) is 14.7 Å². The van der Waals surface area contributed by atoms with Crippen LogP contribution >= 0.6 is 0 Å². The average molecular weight is 266 g/mol. The number of carbonyl (C=O) groups is 1. The Morgan fingerprint density at radius 2 is 2.30 bits per heavy atom. The third kappa shape index (κ3) is 2.01. The summed E-state index contributed by atoms with van der Waals surface area (Å²) in [6, 6.07) is 9.69. The lowest BCUT2D eigenvalue weighted by Crippen LogP contribution is -2.28. The van der Waals surface area contributed by atoms with Crippen molar-refractivity contribution in [2.75, 3.05) is 0 Å². The number of rotatable bonds is 3. The molecule has 20 heavy (non-hydrogen) atoms. The highest BCUT2D eigenvalue weighted by molar-refractivity contribution is 5.93. The number of hydrogen-bond acceptors (Lipinski definition) is 4. The first-order chi connectivity index (χ1) is 9.79. The second-order valence-corrected chi connectivity index (χ2v) is 4.12. The van der Waals surface area contributed by atoms with Gasteiger partial charge in [0.25, 0.3) is 5.91 Å². The van der Waals surface area contributed by atoms with E-state index >= 15 is 0 Å². The van der Waals surface area contributed by atoms with E-state index in [0.29, 0.717) is 17.1 Å². The van der Waals surface area contributed by atoms with Crippen LogP contribution in [0.3, 0.4) is 0 Å². The van der Waals surface area contributed by atoms with Gasteiger partial charge in [0.05, 0.1) is 12.3 Å². The van der Waals surface area contributed by atoms with Crippen molar-refractivity contribution in [3.63, 3.8) is 0 Å². The smallest absolute Gasteiger partial charge is 0.269 e. The van der Waals surface area contributed by atoms with E-state index in [4.69, 9.17) is 9.68 Å². The summed E-state index contributed by atoms with van der Waals surface area (Å²) < 4.78 is 6.80. The molecule has 0 aliphatic heterocycles. The number of furan rings is 1. The van der Waals surface area contributed by atoms with Crippen LogP contribution in [0.25, 0.3) is 5.65 Å². The number of pyridine rings is 1. The van der Waals surface area contributed by atoms with E-state index in [1.54, 1.807) is 47.1 Å². The van der Waals surface area contributed by atoms with Gasteiger partial charge in [-0.2, -0.15) is 5.26 Å². The molecule has 3 aromatic heterocycles. The molecule has 1 N–H and O–H groups in total. The van der Waals surface area contributed by atoms with Gasteiger partial charge in [-0.15, -0.1) is 0 Å². The summed E-state index contributed by atoms with van der Waals surface area (Å²) in [6.45, 7) is 0.